The number of nitrogens with one attached hydrogen (secondary N) is 1. The third-order valence-electron chi connectivity index (χ3n) is 2.98. The van der Waals surface area contributed by atoms with Gasteiger partial charge in [-0.15, -0.1) is 0 Å². The molecule has 1 aliphatic carbocycles. The van der Waals surface area contributed by atoms with E-state index in [0.29, 0.717) is 18.0 Å². The molecule has 0 bridgehead atoms. The number of anilines is 1. The molecule has 1 heterocycles. The number of aromatic nitrogens is 1. The molecule has 1 aromatic heterocycles. The van der Waals surface area contributed by atoms with Crippen molar-refractivity contribution in [2.75, 3.05) is 11.9 Å². The minimum atomic E-state index is 0.137. The summed E-state index contributed by atoms with van der Waals surface area (Å²) in [5.74, 6) is 0.687. The van der Waals surface area contributed by atoms with Crippen LogP contribution < -0.4 is 10.1 Å². The molecule has 0 atom stereocenters. The Morgan fingerprint density at radius 3 is 2.89 bits per heavy atom. The van der Waals surface area contributed by atoms with Gasteiger partial charge in [-0.1, -0.05) is 0 Å². The summed E-state index contributed by atoms with van der Waals surface area (Å²) in [4.78, 5) is 4.27. The number of rotatable bonds is 6. The van der Waals surface area contributed by atoms with E-state index in [0.717, 1.165) is 25.1 Å². The first-order chi connectivity index (χ1) is 8.69. The van der Waals surface area contributed by atoms with Crippen molar-refractivity contribution in [3.05, 3.63) is 18.3 Å². The maximum Gasteiger partial charge on any atom is 0.237 e. The van der Waals surface area contributed by atoms with Gasteiger partial charge in [0.15, 0.2) is 0 Å². The Kier molecular flexibility index (Phi) is 4.42. The zero-order valence-corrected chi connectivity index (χ0v) is 11.3. The number of hydrogen-bond donors (Lipinski definition) is 1. The monoisotopic (exact) mass is 250 g/mol. The lowest BCUT2D eigenvalue weighted by molar-refractivity contribution is 0.00291. The molecule has 1 fully saturated rings. The SMILES string of the molecule is CCOC1CC(Nc2cccnc2OC(C)C)C1. The lowest BCUT2D eigenvalue weighted by Crippen LogP contribution is -2.40. The number of hydrogen-bond acceptors (Lipinski definition) is 4. The highest BCUT2D eigenvalue weighted by molar-refractivity contribution is 5.53. The third-order valence-corrected chi connectivity index (χ3v) is 2.98. The summed E-state index contributed by atoms with van der Waals surface area (Å²) in [7, 11) is 0. The van der Waals surface area contributed by atoms with Gasteiger partial charge in [-0.05, 0) is 45.7 Å². The van der Waals surface area contributed by atoms with Crippen LogP contribution in [-0.4, -0.2) is 29.8 Å². The normalized spacial score (nSPS) is 22.7. The minimum absolute atomic E-state index is 0.137. The van der Waals surface area contributed by atoms with Crippen LogP contribution in [0.15, 0.2) is 18.3 Å². The third kappa shape index (κ3) is 3.35. The molecule has 0 unspecified atom stereocenters. The molecule has 1 aromatic rings. The first kappa shape index (κ1) is 13.1. The van der Waals surface area contributed by atoms with Crippen LogP contribution in [0.1, 0.15) is 33.6 Å². The van der Waals surface area contributed by atoms with Crippen LogP contribution >= 0.6 is 0 Å². The van der Waals surface area contributed by atoms with Crippen molar-refractivity contribution in [2.45, 2.75) is 51.9 Å². The second kappa shape index (κ2) is 6.05. The molecule has 0 amide bonds. The summed E-state index contributed by atoms with van der Waals surface area (Å²) in [5.41, 5.74) is 0.978. The smallest absolute Gasteiger partial charge is 0.237 e. The van der Waals surface area contributed by atoms with Gasteiger partial charge in [0.1, 0.15) is 0 Å². The van der Waals surface area contributed by atoms with Crippen molar-refractivity contribution in [1.82, 2.24) is 4.98 Å². The second-order valence-electron chi connectivity index (χ2n) is 4.91. The van der Waals surface area contributed by atoms with Crippen LogP contribution in [0, 0.1) is 0 Å². The van der Waals surface area contributed by atoms with Gasteiger partial charge in [-0.3, -0.25) is 0 Å². The maximum absolute atomic E-state index is 5.68. The standard InChI is InChI=1S/C14H22N2O2/c1-4-17-12-8-11(9-12)16-13-6-5-7-15-14(13)18-10(2)3/h5-7,10-12,16H,4,8-9H2,1-3H3. The average Bonchev–Trinajstić information content (AvgIpc) is 2.28. The Balaban J connectivity index is 1.90. The van der Waals surface area contributed by atoms with Gasteiger partial charge in [0.25, 0.3) is 0 Å². The van der Waals surface area contributed by atoms with E-state index < -0.39 is 0 Å². The molecular weight excluding hydrogens is 228 g/mol. The number of nitrogens with zero attached hydrogens (tertiary/aromatic N) is 1. The van der Waals surface area contributed by atoms with E-state index in [4.69, 9.17) is 9.47 Å². The Hall–Kier alpha value is -1.29. The second-order valence-corrected chi connectivity index (χ2v) is 4.91. The maximum atomic E-state index is 5.68. The van der Waals surface area contributed by atoms with Gasteiger partial charge in [0.05, 0.1) is 17.9 Å². The highest BCUT2D eigenvalue weighted by atomic mass is 16.5. The Morgan fingerprint density at radius 2 is 2.22 bits per heavy atom. The average molecular weight is 250 g/mol. The molecule has 1 N–H and O–H groups in total. The fourth-order valence-corrected chi connectivity index (χ4v) is 2.09. The summed E-state index contributed by atoms with van der Waals surface area (Å²) >= 11 is 0. The molecular formula is C14H22N2O2. The van der Waals surface area contributed by atoms with E-state index in [1.165, 1.54) is 0 Å². The molecule has 1 aliphatic rings. The largest absolute Gasteiger partial charge is 0.473 e. The van der Waals surface area contributed by atoms with E-state index in [2.05, 4.69) is 10.3 Å². The molecule has 1 saturated carbocycles. The van der Waals surface area contributed by atoms with E-state index in [-0.39, 0.29) is 6.10 Å². The summed E-state index contributed by atoms with van der Waals surface area (Å²) in [5, 5.41) is 3.47. The lowest BCUT2D eigenvalue weighted by atomic mass is 9.89. The summed E-state index contributed by atoms with van der Waals surface area (Å²) < 4.78 is 11.2. The van der Waals surface area contributed by atoms with E-state index in [9.17, 15) is 0 Å². The van der Waals surface area contributed by atoms with Gasteiger partial charge in [0.2, 0.25) is 5.88 Å². The van der Waals surface area contributed by atoms with Crippen molar-refractivity contribution in [1.29, 1.82) is 0 Å². The van der Waals surface area contributed by atoms with E-state index >= 15 is 0 Å². The molecule has 18 heavy (non-hydrogen) atoms. The van der Waals surface area contributed by atoms with Crippen LogP contribution in [0.3, 0.4) is 0 Å². The van der Waals surface area contributed by atoms with Gasteiger partial charge in [-0.2, -0.15) is 0 Å². The van der Waals surface area contributed by atoms with Crippen molar-refractivity contribution < 1.29 is 9.47 Å². The number of pyridine rings is 1. The molecule has 4 heteroatoms. The molecule has 2 rings (SSSR count). The van der Waals surface area contributed by atoms with Crippen LogP contribution in [0.4, 0.5) is 5.69 Å². The molecule has 0 radical (unpaired) electrons. The lowest BCUT2D eigenvalue weighted by Gasteiger charge is -2.36. The van der Waals surface area contributed by atoms with Crippen LogP contribution in [0.2, 0.25) is 0 Å². The molecule has 0 spiro atoms. The Morgan fingerprint density at radius 1 is 1.44 bits per heavy atom. The quantitative estimate of drug-likeness (QED) is 0.843. The minimum Gasteiger partial charge on any atom is -0.473 e. The summed E-state index contributed by atoms with van der Waals surface area (Å²) in [6.07, 6.45) is 4.43. The highest BCUT2D eigenvalue weighted by Crippen LogP contribution is 2.30. The van der Waals surface area contributed by atoms with Crippen molar-refractivity contribution in [2.24, 2.45) is 0 Å². The van der Waals surface area contributed by atoms with Crippen LogP contribution in [0.5, 0.6) is 5.88 Å². The number of ether oxygens (including phenoxy) is 2. The molecule has 0 aromatic carbocycles. The fraction of sp³-hybridized carbons (Fsp3) is 0.643. The Bertz CT molecular complexity index is 376. The van der Waals surface area contributed by atoms with Crippen LogP contribution in [-0.2, 0) is 4.74 Å². The van der Waals surface area contributed by atoms with E-state index in [1.807, 2.05) is 32.9 Å². The predicted molar refractivity (Wildman–Crippen MR) is 72.1 cm³/mol. The Labute approximate surface area is 109 Å². The summed E-state index contributed by atoms with van der Waals surface area (Å²) in [6.45, 7) is 6.85. The van der Waals surface area contributed by atoms with Gasteiger partial charge in [0, 0.05) is 18.8 Å². The summed E-state index contributed by atoms with van der Waals surface area (Å²) in [6, 6.07) is 4.41. The highest BCUT2D eigenvalue weighted by Gasteiger charge is 2.30. The van der Waals surface area contributed by atoms with Crippen LogP contribution in [0.25, 0.3) is 0 Å². The fourth-order valence-electron chi connectivity index (χ4n) is 2.09. The topological polar surface area (TPSA) is 43.4 Å². The van der Waals surface area contributed by atoms with Crippen molar-refractivity contribution >= 4 is 5.69 Å². The van der Waals surface area contributed by atoms with E-state index in [1.54, 1.807) is 6.20 Å². The molecule has 0 aliphatic heterocycles. The first-order valence-corrected chi connectivity index (χ1v) is 6.68. The van der Waals surface area contributed by atoms with Crippen molar-refractivity contribution in [3.8, 4) is 5.88 Å². The van der Waals surface area contributed by atoms with Crippen molar-refractivity contribution in [3.63, 3.8) is 0 Å². The van der Waals surface area contributed by atoms with Gasteiger partial charge in [-0.25, -0.2) is 4.98 Å². The first-order valence-electron chi connectivity index (χ1n) is 6.68. The molecule has 100 valence electrons. The molecule has 4 nitrogen and oxygen atoms in total. The molecule has 0 saturated heterocycles. The van der Waals surface area contributed by atoms with Gasteiger partial charge >= 0.3 is 0 Å². The zero-order valence-electron chi connectivity index (χ0n) is 11.3. The predicted octanol–water partition coefficient (Wildman–Crippen LogP) is 2.85. The van der Waals surface area contributed by atoms with Gasteiger partial charge < -0.3 is 14.8 Å². The zero-order chi connectivity index (χ0) is 13.0.